The molecular weight excluding hydrogens is 328 g/mol. The van der Waals surface area contributed by atoms with Gasteiger partial charge in [-0.2, -0.15) is 4.57 Å². The number of benzene rings is 2. The predicted molar refractivity (Wildman–Crippen MR) is 116 cm³/mol. The Kier molecular flexibility index (Phi) is 7.01. The molecule has 0 aliphatic heterocycles. The number of aryl methyl sites for hydroxylation is 4. The quantitative estimate of drug-likeness (QED) is 0.490. The molecule has 0 aliphatic carbocycles. The largest absolute Gasteiger partial charge is 0.293 e. The van der Waals surface area contributed by atoms with Crippen molar-refractivity contribution in [3.8, 4) is 17.1 Å². The molecular formula is C25H35N2+. The first-order chi connectivity index (χ1) is 12.7. The maximum absolute atomic E-state index is 2.29. The van der Waals surface area contributed by atoms with Crippen LogP contribution in [0, 0.1) is 32.6 Å². The lowest BCUT2D eigenvalue weighted by molar-refractivity contribution is -0.659. The summed E-state index contributed by atoms with van der Waals surface area (Å²) in [7, 11) is 2.09. The van der Waals surface area contributed by atoms with Gasteiger partial charge in [0.05, 0.1) is 12.6 Å². The highest BCUT2D eigenvalue weighted by Crippen LogP contribution is 2.25. The number of nitrogens with zero attached hydrogens (tertiary/aromatic N) is 2. The van der Waals surface area contributed by atoms with Crippen molar-refractivity contribution in [1.82, 2.24) is 4.57 Å². The Balaban J connectivity index is 0.000000380. The van der Waals surface area contributed by atoms with Gasteiger partial charge < -0.3 is 0 Å². The summed E-state index contributed by atoms with van der Waals surface area (Å²) in [5.41, 5.74) is 6.43. The summed E-state index contributed by atoms with van der Waals surface area (Å²) in [6, 6.07) is 15.0. The van der Waals surface area contributed by atoms with Crippen LogP contribution in [0.5, 0.6) is 0 Å². The van der Waals surface area contributed by atoms with Crippen LogP contribution < -0.4 is 4.57 Å². The van der Waals surface area contributed by atoms with Gasteiger partial charge in [0.2, 0.25) is 0 Å². The van der Waals surface area contributed by atoms with Gasteiger partial charge in [-0.15, -0.1) is 0 Å². The molecule has 1 aromatic heterocycles. The molecule has 0 unspecified atom stereocenters. The fourth-order valence-corrected chi connectivity index (χ4v) is 3.14. The van der Waals surface area contributed by atoms with Gasteiger partial charge in [-0.1, -0.05) is 63.6 Å². The van der Waals surface area contributed by atoms with E-state index >= 15 is 0 Å². The number of hydrogen-bond donors (Lipinski definition) is 0. The van der Waals surface area contributed by atoms with Crippen LogP contribution in [0.4, 0.5) is 0 Å². The second kappa shape index (κ2) is 9.03. The SMILES string of the molecule is CC(C)C(C)C.Cc1cc(C)c(-n2cc[n+](C)c2-c2ccccc2)c(C)c1. The van der Waals surface area contributed by atoms with Crippen molar-refractivity contribution in [2.45, 2.75) is 48.5 Å². The maximum atomic E-state index is 2.29. The van der Waals surface area contributed by atoms with Crippen molar-refractivity contribution in [2.24, 2.45) is 18.9 Å². The zero-order valence-electron chi connectivity index (χ0n) is 18.2. The van der Waals surface area contributed by atoms with Crippen LogP contribution in [0.15, 0.2) is 54.9 Å². The van der Waals surface area contributed by atoms with E-state index in [0.717, 1.165) is 11.8 Å². The molecule has 0 saturated heterocycles. The Bertz CT molecular complexity index is 842. The van der Waals surface area contributed by atoms with E-state index in [1.165, 1.54) is 33.8 Å². The number of imidazole rings is 1. The third kappa shape index (κ3) is 5.09. The van der Waals surface area contributed by atoms with E-state index in [2.05, 4.69) is 120 Å². The van der Waals surface area contributed by atoms with Crippen molar-refractivity contribution in [3.63, 3.8) is 0 Å². The normalized spacial score (nSPS) is 10.9. The Labute approximate surface area is 165 Å². The van der Waals surface area contributed by atoms with E-state index in [-0.39, 0.29) is 0 Å². The van der Waals surface area contributed by atoms with E-state index in [1.807, 2.05) is 0 Å². The lowest BCUT2D eigenvalue weighted by Gasteiger charge is -2.10. The average Bonchev–Trinajstić information content (AvgIpc) is 2.96. The van der Waals surface area contributed by atoms with Gasteiger partial charge in [0.15, 0.2) is 0 Å². The summed E-state index contributed by atoms with van der Waals surface area (Å²) in [5.74, 6) is 2.90. The molecule has 1 heterocycles. The minimum absolute atomic E-state index is 0.852. The molecule has 0 aliphatic rings. The summed E-state index contributed by atoms with van der Waals surface area (Å²) in [4.78, 5) is 0. The van der Waals surface area contributed by atoms with E-state index in [9.17, 15) is 0 Å². The molecule has 0 spiro atoms. The Hall–Kier alpha value is -2.35. The molecule has 0 saturated carbocycles. The summed E-state index contributed by atoms with van der Waals surface area (Å²) in [5, 5.41) is 0. The van der Waals surface area contributed by atoms with Gasteiger partial charge in [0, 0.05) is 0 Å². The highest BCUT2D eigenvalue weighted by molar-refractivity contribution is 5.59. The molecule has 0 amide bonds. The highest BCUT2D eigenvalue weighted by atomic mass is 15.1. The molecule has 0 N–H and O–H groups in total. The lowest BCUT2D eigenvalue weighted by atomic mass is 10.0. The fraction of sp³-hybridized carbons (Fsp3) is 0.400. The van der Waals surface area contributed by atoms with Crippen LogP contribution in [0.2, 0.25) is 0 Å². The van der Waals surface area contributed by atoms with Crippen molar-refractivity contribution in [1.29, 1.82) is 0 Å². The van der Waals surface area contributed by atoms with Crippen LogP contribution in [0.3, 0.4) is 0 Å². The van der Waals surface area contributed by atoms with Gasteiger partial charge in [0.25, 0.3) is 5.82 Å². The molecule has 0 fully saturated rings. The van der Waals surface area contributed by atoms with E-state index in [1.54, 1.807) is 0 Å². The molecule has 0 atom stereocenters. The van der Waals surface area contributed by atoms with Crippen LogP contribution in [0.25, 0.3) is 17.1 Å². The zero-order valence-corrected chi connectivity index (χ0v) is 18.2. The van der Waals surface area contributed by atoms with E-state index in [0.29, 0.717) is 0 Å². The second-order valence-electron chi connectivity index (χ2n) is 8.20. The minimum atomic E-state index is 0.852. The summed E-state index contributed by atoms with van der Waals surface area (Å²) >= 11 is 0. The third-order valence-electron chi connectivity index (χ3n) is 5.24. The molecule has 2 nitrogen and oxygen atoms in total. The van der Waals surface area contributed by atoms with Gasteiger partial charge in [-0.25, -0.2) is 4.57 Å². The van der Waals surface area contributed by atoms with Crippen LogP contribution >= 0.6 is 0 Å². The molecule has 2 heteroatoms. The monoisotopic (exact) mass is 363 g/mol. The second-order valence-corrected chi connectivity index (χ2v) is 8.20. The molecule has 0 bridgehead atoms. The van der Waals surface area contributed by atoms with Crippen LogP contribution in [-0.2, 0) is 7.05 Å². The molecule has 144 valence electrons. The Morgan fingerprint density at radius 3 is 1.81 bits per heavy atom. The van der Waals surface area contributed by atoms with E-state index in [4.69, 9.17) is 0 Å². The van der Waals surface area contributed by atoms with Crippen molar-refractivity contribution < 1.29 is 4.57 Å². The summed E-state index contributed by atoms with van der Waals surface area (Å²) in [6.07, 6.45) is 4.26. The van der Waals surface area contributed by atoms with Gasteiger partial charge in [-0.3, -0.25) is 0 Å². The Morgan fingerprint density at radius 1 is 0.815 bits per heavy atom. The smallest absolute Gasteiger partial charge is 0.232 e. The van der Waals surface area contributed by atoms with Crippen molar-refractivity contribution >= 4 is 0 Å². The fourth-order valence-electron chi connectivity index (χ4n) is 3.14. The van der Waals surface area contributed by atoms with Crippen LogP contribution in [0.1, 0.15) is 44.4 Å². The maximum Gasteiger partial charge on any atom is 0.293 e. The first-order valence-corrected chi connectivity index (χ1v) is 9.93. The molecule has 3 rings (SSSR count). The van der Waals surface area contributed by atoms with Gasteiger partial charge in [0.1, 0.15) is 18.1 Å². The predicted octanol–water partition coefficient (Wildman–Crippen LogP) is 6.19. The Morgan fingerprint density at radius 2 is 1.33 bits per heavy atom. The average molecular weight is 364 g/mol. The molecule has 3 aromatic rings. The standard InChI is InChI=1S/C19H21N2.C6H14/c1-14-12-15(2)18(16(3)13-14)21-11-10-20(4)19(21)17-8-6-5-7-9-17;1-5(2)6(3)4/h5-13H,1-4H3;5-6H,1-4H3/q+1;. The van der Waals surface area contributed by atoms with Crippen LogP contribution in [-0.4, -0.2) is 4.57 Å². The van der Waals surface area contributed by atoms with Crippen molar-refractivity contribution in [3.05, 3.63) is 71.5 Å². The summed E-state index contributed by atoms with van der Waals surface area (Å²) < 4.78 is 4.47. The molecule has 2 aromatic carbocycles. The number of aromatic nitrogens is 2. The topological polar surface area (TPSA) is 8.81 Å². The molecule has 27 heavy (non-hydrogen) atoms. The minimum Gasteiger partial charge on any atom is -0.232 e. The highest BCUT2D eigenvalue weighted by Gasteiger charge is 2.21. The summed E-state index contributed by atoms with van der Waals surface area (Å²) in [6.45, 7) is 15.5. The van der Waals surface area contributed by atoms with Gasteiger partial charge in [-0.05, 0) is 55.9 Å². The first-order valence-electron chi connectivity index (χ1n) is 9.93. The first kappa shape index (κ1) is 21.0. The number of hydrogen-bond acceptors (Lipinski definition) is 0. The number of rotatable bonds is 3. The third-order valence-corrected chi connectivity index (χ3v) is 5.24. The molecule has 0 radical (unpaired) electrons. The lowest BCUT2D eigenvalue weighted by Crippen LogP contribution is -2.29. The van der Waals surface area contributed by atoms with E-state index < -0.39 is 0 Å². The van der Waals surface area contributed by atoms with Crippen molar-refractivity contribution in [2.75, 3.05) is 0 Å². The zero-order chi connectivity index (χ0) is 20.1. The van der Waals surface area contributed by atoms with Gasteiger partial charge >= 0.3 is 0 Å².